The zero-order chi connectivity index (χ0) is 10.6. The first-order valence-corrected chi connectivity index (χ1v) is 4.57. The average molecular weight is 211 g/mol. The van der Waals surface area contributed by atoms with Crippen molar-refractivity contribution < 1.29 is 9.53 Å². The predicted octanol–water partition coefficient (Wildman–Crippen LogP) is 2.94. The van der Waals surface area contributed by atoms with Gasteiger partial charge in [0.15, 0.2) is 0 Å². The molecule has 0 saturated carbocycles. The number of hydrogen-bond donors (Lipinski definition) is 0. The summed E-state index contributed by atoms with van der Waals surface area (Å²) >= 11 is 5.34. The largest absolute Gasteiger partial charge is 0.489 e. The lowest BCUT2D eigenvalue weighted by molar-refractivity contribution is 0.108. The Hall–Kier alpha value is -1.28. The molecule has 0 aliphatic rings. The molecule has 74 valence electrons. The van der Waals surface area contributed by atoms with E-state index in [1.54, 1.807) is 24.3 Å². The van der Waals surface area contributed by atoms with Crippen molar-refractivity contribution in [3.63, 3.8) is 0 Å². The summed E-state index contributed by atoms with van der Waals surface area (Å²) in [5, 5.41) is -0.455. The summed E-state index contributed by atoms with van der Waals surface area (Å²) in [6.45, 7) is 5.87. The summed E-state index contributed by atoms with van der Waals surface area (Å²) in [5.41, 5.74) is 1.37. The standard InChI is InChI=1S/C11H11ClO2/c1-3-6-14-10-5-4-9(11(12)13)7-8(10)2/h3-5,7H,1,6H2,2H3. The number of aryl methyl sites for hydroxylation is 1. The molecular weight excluding hydrogens is 200 g/mol. The number of ether oxygens (including phenoxy) is 1. The van der Waals surface area contributed by atoms with E-state index in [0.717, 1.165) is 11.3 Å². The van der Waals surface area contributed by atoms with E-state index in [1.165, 1.54) is 0 Å². The van der Waals surface area contributed by atoms with E-state index in [2.05, 4.69) is 6.58 Å². The third-order valence-corrected chi connectivity index (χ3v) is 1.98. The molecular formula is C11H11ClO2. The SMILES string of the molecule is C=CCOc1ccc(C(=O)Cl)cc1C. The van der Waals surface area contributed by atoms with Crippen molar-refractivity contribution in [2.45, 2.75) is 6.92 Å². The topological polar surface area (TPSA) is 26.3 Å². The van der Waals surface area contributed by atoms with Crippen LogP contribution in [0.3, 0.4) is 0 Å². The van der Waals surface area contributed by atoms with Crippen LogP contribution >= 0.6 is 11.6 Å². The van der Waals surface area contributed by atoms with Gasteiger partial charge in [0.25, 0.3) is 5.24 Å². The van der Waals surface area contributed by atoms with Crippen molar-refractivity contribution >= 4 is 16.8 Å². The quantitative estimate of drug-likeness (QED) is 0.564. The normalized spacial score (nSPS) is 9.57. The highest BCUT2D eigenvalue weighted by molar-refractivity contribution is 6.67. The Morgan fingerprint density at radius 3 is 2.86 bits per heavy atom. The number of halogens is 1. The highest BCUT2D eigenvalue weighted by Crippen LogP contribution is 2.19. The van der Waals surface area contributed by atoms with Crippen molar-refractivity contribution in [3.05, 3.63) is 42.0 Å². The van der Waals surface area contributed by atoms with Gasteiger partial charge in [0, 0.05) is 5.56 Å². The first kappa shape index (κ1) is 10.8. The lowest BCUT2D eigenvalue weighted by Gasteiger charge is -2.07. The van der Waals surface area contributed by atoms with Crippen LogP contribution in [-0.4, -0.2) is 11.8 Å². The summed E-state index contributed by atoms with van der Waals surface area (Å²) in [5.74, 6) is 0.742. The summed E-state index contributed by atoms with van der Waals surface area (Å²) in [7, 11) is 0. The highest BCUT2D eigenvalue weighted by atomic mass is 35.5. The number of hydrogen-bond acceptors (Lipinski definition) is 2. The van der Waals surface area contributed by atoms with Gasteiger partial charge in [0.1, 0.15) is 12.4 Å². The summed E-state index contributed by atoms with van der Waals surface area (Å²) in [6, 6.07) is 5.07. The van der Waals surface area contributed by atoms with Crippen LogP contribution < -0.4 is 4.74 Å². The van der Waals surface area contributed by atoms with Crippen LogP contribution in [-0.2, 0) is 0 Å². The predicted molar refractivity (Wildman–Crippen MR) is 57.1 cm³/mol. The Morgan fingerprint density at radius 2 is 2.36 bits per heavy atom. The van der Waals surface area contributed by atoms with Crippen molar-refractivity contribution in [2.24, 2.45) is 0 Å². The van der Waals surface area contributed by atoms with E-state index in [-0.39, 0.29) is 0 Å². The molecule has 0 radical (unpaired) electrons. The molecule has 0 bridgehead atoms. The maximum absolute atomic E-state index is 10.8. The molecule has 0 fully saturated rings. The van der Waals surface area contributed by atoms with E-state index in [9.17, 15) is 4.79 Å². The van der Waals surface area contributed by atoms with E-state index in [4.69, 9.17) is 16.3 Å². The Labute approximate surface area is 88.1 Å². The van der Waals surface area contributed by atoms with Crippen LogP contribution in [0.1, 0.15) is 15.9 Å². The average Bonchev–Trinajstić information content (AvgIpc) is 2.15. The minimum absolute atomic E-state index is 0.453. The first-order chi connectivity index (χ1) is 6.65. The van der Waals surface area contributed by atoms with Gasteiger partial charge in [-0.3, -0.25) is 4.79 Å². The monoisotopic (exact) mass is 210 g/mol. The lowest BCUT2D eigenvalue weighted by atomic mass is 10.1. The molecule has 0 heterocycles. The minimum atomic E-state index is -0.455. The van der Waals surface area contributed by atoms with Crippen LogP contribution in [0.5, 0.6) is 5.75 Å². The highest BCUT2D eigenvalue weighted by Gasteiger charge is 2.04. The third-order valence-electron chi connectivity index (χ3n) is 1.76. The fourth-order valence-corrected chi connectivity index (χ4v) is 1.20. The Kier molecular flexibility index (Phi) is 3.72. The fourth-order valence-electron chi connectivity index (χ4n) is 1.08. The van der Waals surface area contributed by atoms with Crippen molar-refractivity contribution in [2.75, 3.05) is 6.61 Å². The van der Waals surface area contributed by atoms with Gasteiger partial charge in [-0.1, -0.05) is 12.7 Å². The second-order valence-corrected chi connectivity index (χ2v) is 3.20. The van der Waals surface area contributed by atoms with Crippen LogP contribution in [0.15, 0.2) is 30.9 Å². The van der Waals surface area contributed by atoms with Crippen LogP contribution in [0.25, 0.3) is 0 Å². The molecule has 3 heteroatoms. The summed E-state index contributed by atoms with van der Waals surface area (Å²) in [4.78, 5) is 10.8. The van der Waals surface area contributed by atoms with Gasteiger partial charge in [0.2, 0.25) is 0 Å². The molecule has 0 atom stereocenters. The molecule has 0 amide bonds. The van der Waals surface area contributed by atoms with E-state index in [1.807, 2.05) is 6.92 Å². The zero-order valence-electron chi connectivity index (χ0n) is 7.92. The molecule has 0 saturated heterocycles. The number of rotatable bonds is 4. The van der Waals surface area contributed by atoms with E-state index < -0.39 is 5.24 Å². The zero-order valence-corrected chi connectivity index (χ0v) is 8.67. The van der Waals surface area contributed by atoms with Gasteiger partial charge in [-0.25, -0.2) is 0 Å². The maximum atomic E-state index is 10.8. The Bertz CT molecular complexity index is 358. The van der Waals surface area contributed by atoms with Gasteiger partial charge in [0.05, 0.1) is 0 Å². The second-order valence-electron chi connectivity index (χ2n) is 2.85. The van der Waals surface area contributed by atoms with Gasteiger partial charge in [-0.05, 0) is 42.3 Å². The molecule has 0 aliphatic carbocycles. The third kappa shape index (κ3) is 2.60. The number of carbonyl (C=O) groups excluding carboxylic acids is 1. The van der Waals surface area contributed by atoms with Crippen molar-refractivity contribution in [1.82, 2.24) is 0 Å². The van der Waals surface area contributed by atoms with Gasteiger partial charge in [-0.15, -0.1) is 0 Å². The lowest BCUT2D eigenvalue weighted by Crippen LogP contribution is -1.97. The van der Waals surface area contributed by atoms with E-state index >= 15 is 0 Å². The molecule has 0 N–H and O–H groups in total. The maximum Gasteiger partial charge on any atom is 0.252 e. The Morgan fingerprint density at radius 1 is 1.64 bits per heavy atom. The molecule has 2 nitrogen and oxygen atoms in total. The van der Waals surface area contributed by atoms with Gasteiger partial charge >= 0.3 is 0 Å². The molecule has 0 spiro atoms. The Balaban J connectivity index is 2.89. The fraction of sp³-hybridized carbons (Fsp3) is 0.182. The first-order valence-electron chi connectivity index (χ1n) is 4.19. The number of carbonyl (C=O) groups is 1. The molecule has 1 aromatic rings. The smallest absolute Gasteiger partial charge is 0.252 e. The summed E-state index contributed by atoms with van der Waals surface area (Å²) in [6.07, 6.45) is 1.67. The molecule has 0 unspecified atom stereocenters. The molecule has 1 aromatic carbocycles. The van der Waals surface area contributed by atoms with Crippen molar-refractivity contribution in [1.29, 1.82) is 0 Å². The molecule has 0 aromatic heterocycles. The molecule has 0 aliphatic heterocycles. The number of benzene rings is 1. The van der Waals surface area contributed by atoms with E-state index in [0.29, 0.717) is 12.2 Å². The van der Waals surface area contributed by atoms with Gasteiger partial charge in [-0.2, -0.15) is 0 Å². The van der Waals surface area contributed by atoms with Crippen LogP contribution in [0, 0.1) is 6.92 Å². The van der Waals surface area contributed by atoms with Crippen molar-refractivity contribution in [3.8, 4) is 5.75 Å². The summed E-state index contributed by atoms with van der Waals surface area (Å²) < 4.78 is 5.35. The minimum Gasteiger partial charge on any atom is -0.489 e. The van der Waals surface area contributed by atoms with Crippen LogP contribution in [0.2, 0.25) is 0 Å². The molecule has 14 heavy (non-hydrogen) atoms. The second kappa shape index (κ2) is 4.82. The van der Waals surface area contributed by atoms with Gasteiger partial charge < -0.3 is 4.74 Å². The molecule has 1 rings (SSSR count). The van der Waals surface area contributed by atoms with Crippen LogP contribution in [0.4, 0.5) is 0 Å².